The first-order chi connectivity index (χ1) is 13.1. The molecule has 2 aromatic rings. The Morgan fingerprint density at radius 3 is 2.54 bits per heavy atom. The van der Waals surface area contributed by atoms with Gasteiger partial charge >= 0.3 is 6.09 Å². The van der Waals surface area contributed by atoms with Gasteiger partial charge in [-0.25, -0.2) is 9.18 Å². The standard InChI is InChI=1S/C22H25BrFNO3/c1-15(16-5-4-6-18(23)13-16)25-12-11-22(28-20(25)26,14-21(2,3)27)17-7-9-19(24)10-8-17/h4-10,13,15,27H,11-12,14H2,1-3H3/t15-,22-/m0/s1. The highest BCUT2D eigenvalue weighted by Gasteiger charge is 2.46. The number of rotatable bonds is 5. The molecule has 0 radical (unpaired) electrons. The summed E-state index contributed by atoms with van der Waals surface area (Å²) >= 11 is 3.46. The van der Waals surface area contributed by atoms with Crippen LogP contribution in [-0.4, -0.2) is 28.2 Å². The summed E-state index contributed by atoms with van der Waals surface area (Å²) in [6, 6.07) is 13.6. The summed E-state index contributed by atoms with van der Waals surface area (Å²) in [6.07, 6.45) is 0.302. The lowest BCUT2D eigenvalue weighted by molar-refractivity contribution is -0.101. The second-order valence-electron chi connectivity index (χ2n) is 8.03. The van der Waals surface area contributed by atoms with E-state index in [9.17, 15) is 14.3 Å². The van der Waals surface area contributed by atoms with Gasteiger partial charge in [0.2, 0.25) is 0 Å². The first kappa shape index (κ1) is 20.8. The van der Waals surface area contributed by atoms with Crippen molar-refractivity contribution in [3.63, 3.8) is 0 Å². The molecule has 0 spiro atoms. The first-order valence-electron chi connectivity index (χ1n) is 9.33. The maximum absolute atomic E-state index is 13.4. The molecule has 0 saturated carbocycles. The molecule has 0 unspecified atom stereocenters. The van der Waals surface area contributed by atoms with Gasteiger partial charge in [0, 0.05) is 23.9 Å². The van der Waals surface area contributed by atoms with Crippen molar-refractivity contribution in [2.24, 2.45) is 0 Å². The Morgan fingerprint density at radius 1 is 1.29 bits per heavy atom. The lowest BCUT2D eigenvalue weighted by Crippen LogP contribution is -2.51. The molecule has 0 aliphatic carbocycles. The Bertz CT molecular complexity index is 850. The Kier molecular flexibility index (Phi) is 5.82. The van der Waals surface area contributed by atoms with Crippen molar-refractivity contribution < 1.29 is 19.0 Å². The third kappa shape index (κ3) is 4.55. The molecule has 4 nitrogen and oxygen atoms in total. The zero-order valence-corrected chi connectivity index (χ0v) is 17.9. The molecular formula is C22H25BrFNO3. The summed E-state index contributed by atoms with van der Waals surface area (Å²) in [4.78, 5) is 14.7. The summed E-state index contributed by atoms with van der Waals surface area (Å²) < 4.78 is 20.3. The third-order valence-electron chi connectivity index (χ3n) is 5.16. The fourth-order valence-electron chi connectivity index (χ4n) is 3.85. The predicted octanol–water partition coefficient (Wildman–Crippen LogP) is 5.55. The summed E-state index contributed by atoms with van der Waals surface area (Å²) in [5, 5.41) is 10.4. The fourth-order valence-corrected chi connectivity index (χ4v) is 4.27. The van der Waals surface area contributed by atoms with E-state index in [1.54, 1.807) is 30.9 Å². The monoisotopic (exact) mass is 449 g/mol. The first-order valence-corrected chi connectivity index (χ1v) is 10.1. The molecule has 1 heterocycles. The number of nitrogens with zero attached hydrogens (tertiary/aromatic N) is 1. The highest BCUT2D eigenvalue weighted by molar-refractivity contribution is 9.10. The Hall–Kier alpha value is -1.92. The molecule has 150 valence electrons. The van der Waals surface area contributed by atoms with E-state index in [1.807, 2.05) is 31.2 Å². The van der Waals surface area contributed by atoms with Crippen LogP contribution in [0.5, 0.6) is 0 Å². The van der Waals surface area contributed by atoms with Crippen LogP contribution in [0.1, 0.15) is 50.8 Å². The van der Waals surface area contributed by atoms with Crippen LogP contribution in [0.25, 0.3) is 0 Å². The van der Waals surface area contributed by atoms with Crippen molar-refractivity contribution in [1.82, 2.24) is 4.90 Å². The van der Waals surface area contributed by atoms with Gasteiger partial charge in [-0.1, -0.05) is 40.2 Å². The van der Waals surface area contributed by atoms with Gasteiger partial charge in [0.05, 0.1) is 11.6 Å². The Balaban J connectivity index is 1.88. The van der Waals surface area contributed by atoms with Crippen LogP contribution in [0, 0.1) is 5.82 Å². The molecular weight excluding hydrogens is 425 g/mol. The second kappa shape index (κ2) is 7.84. The zero-order valence-electron chi connectivity index (χ0n) is 16.3. The molecule has 1 N–H and O–H groups in total. The number of carbonyl (C=O) groups is 1. The molecule has 1 aliphatic heterocycles. The second-order valence-corrected chi connectivity index (χ2v) is 8.95. The number of aliphatic hydroxyl groups is 1. The number of halogens is 2. The highest BCUT2D eigenvalue weighted by Crippen LogP contribution is 2.42. The SMILES string of the molecule is C[C@@H](c1cccc(Br)c1)N1CC[C@](CC(C)(C)O)(c2ccc(F)cc2)OC1=O. The van der Waals surface area contributed by atoms with Crippen molar-refractivity contribution in [1.29, 1.82) is 0 Å². The molecule has 1 saturated heterocycles. The molecule has 1 amide bonds. The summed E-state index contributed by atoms with van der Waals surface area (Å²) in [7, 11) is 0. The third-order valence-corrected chi connectivity index (χ3v) is 5.65. The number of hydrogen-bond donors (Lipinski definition) is 1. The molecule has 1 fully saturated rings. The van der Waals surface area contributed by atoms with Crippen molar-refractivity contribution in [2.75, 3.05) is 6.54 Å². The molecule has 2 aromatic carbocycles. The van der Waals surface area contributed by atoms with Gasteiger partial charge in [-0.2, -0.15) is 0 Å². The molecule has 0 aromatic heterocycles. The lowest BCUT2D eigenvalue weighted by Gasteiger charge is -2.45. The highest BCUT2D eigenvalue weighted by atomic mass is 79.9. The average Bonchev–Trinajstić information content (AvgIpc) is 2.60. The van der Waals surface area contributed by atoms with Gasteiger partial charge in [0.1, 0.15) is 11.4 Å². The molecule has 0 bridgehead atoms. The van der Waals surface area contributed by atoms with E-state index in [0.717, 1.165) is 10.0 Å². The Labute approximate surface area is 173 Å². The Morgan fingerprint density at radius 2 is 1.96 bits per heavy atom. The number of ether oxygens (including phenoxy) is 1. The number of hydrogen-bond acceptors (Lipinski definition) is 3. The van der Waals surface area contributed by atoms with Gasteiger partial charge in [-0.05, 0) is 56.2 Å². The largest absolute Gasteiger partial charge is 0.438 e. The van der Waals surface area contributed by atoms with Crippen LogP contribution in [0.2, 0.25) is 0 Å². The topological polar surface area (TPSA) is 49.8 Å². The van der Waals surface area contributed by atoms with Crippen molar-refractivity contribution >= 4 is 22.0 Å². The van der Waals surface area contributed by atoms with E-state index in [4.69, 9.17) is 4.74 Å². The molecule has 6 heteroatoms. The zero-order chi connectivity index (χ0) is 20.5. The van der Waals surface area contributed by atoms with E-state index in [1.165, 1.54) is 12.1 Å². The van der Waals surface area contributed by atoms with Crippen LogP contribution in [0.15, 0.2) is 53.0 Å². The van der Waals surface area contributed by atoms with Gasteiger partial charge in [-0.3, -0.25) is 0 Å². The molecule has 1 aliphatic rings. The summed E-state index contributed by atoms with van der Waals surface area (Å²) in [5.41, 5.74) is -0.342. The van der Waals surface area contributed by atoms with Gasteiger partial charge in [-0.15, -0.1) is 0 Å². The average molecular weight is 450 g/mol. The van der Waals surface area contributed by atoms with Crippen molar-refractivity contribution in [3.05, 3.63) is 69.9 Å². The van der Waals surface area contributed by atoms with Gasteiger partial charge < -0.3 is 14.7 Å². The van der Waals surface area contributed by atoms with E-state index in [-0.39, 0.29) is 18.3 Å². The maximum atomic E-state index is 13.4. The maximum Gasteiger partial charge on any atom is 0.411 e. The smallest absolute Gasteiger partial charge is 0.411 e. The fraction of sp³-hybridized carbons (Fsp3) is 0.409. The molecule has 2 atom stereocenters. The quantitative estimate of drug-likeness (QED) is 0.650. The molecule has 3 rings (SSSR count). The number of benzene rings is 2. The minimum Gasteiger partial charge on any atom is -0.438 e. The van der Waals surface area contributed by atoms with Crippen LogP contribution in [0.3, 0.4) is 0 Å². The van der Waals surface area contributed by atoms with Crippen molar-refractivity contribution in [2.45, 2.75) is 50.9 Å². The lowest BCUT2D eigenvalue weighted by atomic mass is 9.80. The van der Waals surface area contributed by atoms with Crippen molar-refractivity contribution in [3.8, 4) is 0 Å². The predicted molar refractivity (Wildman–Crippen MR) is 109 cm³/mol. The minimum atomic E-state index is -1.05. The number of amides is 1. The van der Waals surface area contributed by atoms with Gasteiger partial charge in [0.15, 0.2) is 0 Å². The number of cyclic esters (lactones) is 1. The molecule has 28 heavy (non-hydrogen) atoms. The van der Waals surface area contributed by atoms with E-state index >= 15 is 0 Å². The van der Waals surface area contributed by atoms with Gasteiger partial charge in [0.25, 0.3) is 0 Å². The van der Waals surface area contributed by atoms with E-state index in [0.29, 0.717) is 18.5 Å². The summed E-state index contributed by atoms with van der Waals surface area (Å²) in [5.74, 6) is -0.353. The minimum absolute atomic E-state index is 0.154. The normalized spacial score (nSPS) is 21.4. The van der Waals surface area contributed by atoms with E-state index in [2.05, 4.69) is 15.9 Å². The number of carbonyl (C=O) groups excluding carboxylic acids is 1. The summed E-state index contributed by atoms with van der Waals surface area (Å²) in [6.45, 7) is 5.80. The van der Waals surface area contributed by atoms with Crippen LogP contribution >= 0.6 is 15.9 Å². The van der Waals surface area contributed by atoms with Crippen LogP contribution in [0.4, 0.5) is 9.18 Å². The van der Waals surface area contributed by atoms with Crippen LogP contribution in [-0.2, 0) is 10.3 Å². The van der Waals surface area contributed by atoms with Crippen LogP contribution < -0.4 is 0 Å². The van der Waals surface area contributed by atoms with E-state index < -0.39 is 17.3 Å².